The van der Waals surface area contributed by atoms with Crippen molar-refractivity contribution in [3.05, 3.63) is 30.0 Å². The van der Waals surface area contributed by atoms with Gasteiger partial charge in [-0.15, -0.1) is 0 Å². The molecule has 0 amide bonds. The van der Waals surface area contributed by atoms with E-state index in [2.05, 4.69) is 0 Å². The Morgan fingerprint density at radius 2 is 2.06 bits per heavy atom. The molecule has 0 aliphatic heterocycles. The van der Waals surface area contributed by atoms with Crippen LogP contribution in [0.3, 0.4) is 0 Å². The van der Waals surface area contributed by atoms with Gasteiger partial charge in [-0.3, -0.25) is 0 Å². The Kier molecular flexibility index (Phi) is 3.55. The first-order valence-electron chi connectivity index (χ1n) is 6.05. The molecule has 0 saturated heterocycles. The van der Waals surface area contributed by atoms with Crippen molar-refractivity contribution in [3.63, 3.8) is 0 Å². The van der Waals surface area contributed by atoms with Crippen LogP contribution in [0.25, 0.3) is 10.9 Å². The van der Waals surface area contributed by atoms with Crippen LogP contribution in [0.2, 0.25) is 0 Å². The summed E-state index contributed by atoms with van der Waals surface area (Å²) in [4.78, 5) is 11.9. The summed E-state index contributed by atoms with van der Waals surface area (Å²) in [7, 11) is 1.63. The zero-order valence-electron chi connectivity index (χ0n) is 10.9. The SMILES string of the molecule is CCOC(=O)c1cc2cc(OC)ccc2n1CC. The molecule has 0 saturated carbocycles. The summed E-state index contributed by atoms with van der Waals surface area (Å²) in [6, 6.07) is 7.62. The second-order valence-corrected chi connectivity index (χ2v) is 3.92. The van der Waals surface area contributed by atoms with Crippen LogP contribution in [0.4, 0.5) is 0 Å². The highest BCUT2D eigenvalue weighted by Crippen LogP contribution is 2.25. The van der Waals surface area contributed by atoms with Gasteiger partial charge in [0, 0.05) is 17.4 Å². The van der Waals surface area contributed by atoms with E-state index in [9.17, 15) is 4.79 Å². The van der Waals surface area contributed by atoms with E-state index >= 15 is 0 Å². The summed E-state index contributed by atoms with van der Waals surface area (Å²) in [5, 5.41) is 0.985. The summed E-state index contributed by atoms with van der Waals surface area (Å²) in [6.07, 6.45) is 0. The lowest BCUT2D eigenvalue weighted by Gasteiger charge is -2.07. The maximum Gasteiger partial charge on any atom is 0.354 e. The van der Waals surface area contributed by atoms with E-state index in [1.54, 1.807) is 14.0 Å². The number of fused-ring (bicyclic) bond motifs is 1. The number of aryl methyl sites for hydroxylation is 1. The van der Waals surface area contributed by atoms with Gasteiger partial charge in [0.15, 0.2) is 0 Å². The van der Waals surface area contributed by atoms with Crippen molar-refractivity contribution in [1.82, 2.24) is 4.57 Å². The molecule has 0 fully saturated rings. The van der Waals surface area contributed by atoms with E-state index in [0.29, 0.717) is 12.3 Å². The first-order chi connectivity index (χ1) is 8.71. The summed E-state index contributed by atoms with van der Waals surface area (Å²) < 4.78 is 12.2. The number of methoxy groups -OCH3 is 1. The minimum absolute atomic E-state index is 0.283. The molecule has 1 heterocycles. The third kappa shape index (κ3) is 2.06. The largest absolute Gasteiger partial charge is 0.497 e. The first-order valence-corrected chi connectivity index (χ1v) is 6.05. The van der Waals surface area contributed by atoms with Gasteiger partial charge in [0.25, 0.3) is 0 Å². The molecule has 0 aliphatic carbocycles. The van der Waals surface area contributed by atoms with Gasteiger partial charge in [0.2, 0.25) is 0 Å². The number of hydrogen-bond donors (Lipinski definition) is 0. The van der Waals surface area contributed by atoms with Gasteiger partial charge in [-0.25, -0.2) is 4.79 Å². The van der Waals surface area contributed by atoms with Crippen LogP contribution in [-0.2, 0) is 11.3 Å². The fraction of sp³-hybridized carbons (Fsp3) is 0.357. The fourth-order valence-electron chi connectivity index (χ4n) is 2.09. The van der Waals surface area contributed by atoms with Crippen LogP contribution >= 0.6 is 0 Å². The summed E-state index contributed by atoms with van der Waals surface area (Å²) in [6.45, 7) is 4.92. The predicted octanol–water partition coefficient (Wildman–Crippen LogP) is 2.85. The molecule has 2 aromatic rings. The maximum absolute atomic E-state index is 11.9. The van der Waals surface area contributed by atoms with Crippen LogP contribution in [-0.4, -0.2) is 24.3 Å². The quantitative estimate of drug-likeness (QED) is 0.780. The molecule has 0 atom stereocenters. The van der Waals surface area contributed by atoms with Gasteiger partial charge in [-0.2, -0.15) is 0 Å². The number of carbonyl (C=O) groups is 1. The normalized spacial score (nSPS) is 10.6. The van der Waals surface area contributed by atoms with E-state index in [-0.39, 0.29) is 5.97 Å². The van der Waals surface area contributed by atoms with Crippen molar-refractivity contribution in [3.8, 4) is 5.75 Å². The number of esters is 1. The number of ether oxygens (including phenoxy) is 2. The lowest BCUT2D eigenvalue weighted by Crippen LogP contribution is -2.11. The summed E-state index contributed by atoms with van der Waals surface area (Å²) in [5.41, 5.74) is 1.60. The Morgan fingerprint density at radius 3 is 2.67 bits per heavy atom. The molecule has 0 unspecified atom stereocenters. The number of hydrogen-bond acceptors (Lipinski definition) is 3. The Labute approximate surface area is 106 Å². The molecule has 1 aromatic carbocycles. The molecule has 1 aromatic heterocycles. The number of aromatic nitrogens is 1. The predicted molar refractivity (Wildman–Crippen MR) is 70.1 cm³/mol. The number of benzene rings is 1. The molecule has 96 valence electrons. The second-order valence-electron chi connectivity index (χ2n) is 3.92. The van der Waals surface area contributed by atoms with Crippen molar-refractivity contribution < 1.29 is 14.3 Å². The highest BCUT2D eigenvalue weighted by atomic mass is 16.5. The topological polar surface area (TPSA) is 40.5 Å². The standard InChI is InChI=1S/C14H17NO3/c1-4-15-12-7-6-11(17-3)8-10(12)9-13(15)14(16)18-5-2/h6-9H,4-5H2,1-3H3. The lowest BCUT2D eigenvalue weighted by molar-refractivity contribution is 0.0514. The van der Waals surface area contributed by atoms with E-state index in [1.807, 2.05) is 35.8 Å². The van der Waals surface area contributed by atoms with E-state index in [4.69, 9.17) is 9.47 Å². The average molecular weight is 247 g/mol. The third-order valence-electron chi connectivity index (χ3n) is 2.91. The van der Waals surface area contributed by atoms with Crippen LogP contribution in [0.1, 0.15) is 24.3 Å². The maximum atomic E-state index is 11.9. The zero-order chi connectivity index (χ0) is 13.1. The highest BCUT2D eigenvalue weighted by Gasteiger charge is 2.15. The minimum Gasteiger partial charge on any atom is -0.497 e. The van der Waals surface area contributed by atoms with E-state index < -0.39 is 0 Å². The van der Waals surface area contributed by atoms with Crippen LogP contribution in [0.15, 0.2) is 24.3 Å². The monoisotopic (exact) mass is 247 g/mol. The van der Waals surface area contributed by atoms with Crippen LogP contribution in [0, 0.1) is 0 Å². The number of nitrogens with zero attached hydrogens (tertiary/aromatic N) is 1. The van der Waals surface area contributed by atoms with Crippen molar-refractivity contribution in [2.24, 2.45) is 0 Å². The van der Waals surface area contributed by atoms with Gasteiger partial charge in [0.05, 0.1) is 13.7 Å². The minimum atomic E-state index is -0.283. The Balaban J connectivity index is 2.56. The van der Waals surface area contributed by atoms with Crippen molar-refractivity contribution in [1.29, 1.82) is 0 Å². The number of carbonyl (C=O) groups excluding carboxylic acids is 1. The van der Waals surface area contributed by atoms with Crippen molar-refractivity contribution in [2.45, 2.75) is 20.4 Å². The Bertz CT molecular complexity index is 572. The first kappa shape index (κ1) is 12.5. The smallest absolute Gasteiger partial charge is 0.354 e. The molecule has 0 bridgehead atoms. The van der Waals surface area contributed by atoms with Gasteiger partial charge >= 0.3 is 5.97 Å². The average Bonchev–Trinajstić information content (AvgIpc) is 2.76. The number of rotatable bonds is 4. The Morgan fingerprint density at radius 1 is 1.28 bits per heavy atom. The molecule has 0 spiro atoms. The van der Waals surface area contributed by atoms with E-state index in [0.717, 1.165) is 23.2 Å². The molecule has 0 aliphatic rings. The molecule has 4 nitrogen and oxygen atoms in total. The van der Waals surface area contributed by atoms with E-state index in [1.165, 1.54) is 0 Å². The molecule has 0 N–H and O–H groups in total. The Hall–Kier alpha value is -1.97. The van der Waals surface area contributed by atoms with Crippen molar-refractivity contribution >= 4 is 16.9 Å². The van der Waals surface area contributed by atoms with Gasteiger partial charge in [0.1, 0.15) is 11.4 Å². The van der Waals surface area contributed by atoms with Crippen LogP contribution in [0.5, 0.6) is 5.75 Å². The summed E-state index contributed by atoms with van der Waals surface area (Å²) in [5.74, 6) is 0.501. The van der Waals surface area contributed by atoms with Gasteiger partial charge in [-0.05, 0) is 38.1 Å². The zero-order valence-corrected chi connectivity index (χ0v) is 10.9. The molecule has 4 heteroatoms. The molecule has 0 radical (unpaired) electrons. The molecular formula is C14H17NO3. The molecule has 2 rings (SSSR count). The molecule has 18 heavy (non-hydrogen) atoms. The molecular weight excluding hydrogens is 230 g/mol. The fourth-order valence-corrected chi connectivity index (χ4v) is 2.09. The summed E-state index contributed by atoms with van der Waals surface area (Å²) >= 11 is 0. The lowest BCUT2D eigenvalue weighted by atomic mass is 10.2. The second kappa shape index (κ2) is 5.12. The van der Waals surface area contributed by atoms with Crippen LogP contribution < -0.4 is 4.74 Å². The third-order valence-corrected chi connectivity index (χ3v) is 2.91. The van der Waals surface area contributed by atoms with Gasteiger partial charge < -0.3 is 14.0 Å². The highest BCUT2D eigenvalue weighted by molar-refractivity contribution is 5.96. The van der Waals surface area contributed by atoms with Gasteiger partial charge in [-0.1, -0.05) is 0 Å². The van der Waals surface area contributed by atoms with Crippen molar-refractivity contribution in [2.75, 3.05) is 13.7 Å².